The van der Waals surface area contributed by atoms with Crippen LogP contribution >= 0.6 is 0 Å². The van der Waals surface area contributed by atoms with Crippen LogP contribution in [0.1, 0.15) is 66.2 Å². The highest BCUT2D eigenvalue weighted by Gasteiger charge is 2.63. The lowest BCUT2D eigenvalue weighted by Gasteiger charge is -2.53. The third-order valence-corrected chi connectivity index (χ3v) is 6.87. The predicted octanol–water partition coefficient (Wildman–Crippen LogP) is 3.64. The Morgan fingerprint density at radius 1 is 1.03 bits per heavy atom. The second-order valence-corrected chi connectivity index (χ2v) is 8.70. The van der Waals surface area contributed by atoms with Gasteiger partial charge in [0.05, 0.1) is 24.8 Å². The van der Waals surface area contributed by atoms with Gasteiger partial charge in [-0.1, -0.05) is 6.42 Å². The van der Waals surface area contributed by atoms with E-state index >= 15 is 0 Å². The molecule has 1 aliphatic carbocycles. The first-order valence-corrected chi connectivity index (χ1v) is 10.8. The molecule has 8 nitrogen and oxygen atoms in total. The fraction of sp³-hybridized carbons (Fsp3) is 0.652. The molecule has 0 amide bonds. The van der Waals surface area contributed by atoms with Crippen LogP contribution in [0.5, 0.6) is 0 Å². The fourth-order valence-corrected chi connectivity index (χ4v) is 5.20. The summed E-state index contributed by atoms with van der Waals surface area (Å²) >= 11 is 0. The van der Waals surface area contributed by atoms with Gasteiger partial charge in [0.25, 0.3) is 0 Å². The van der Waals surface area contributed by atoms with Gasteiger partial charge in [0.1, 0.15) is 0 Å². The van der Waals surface area contributed by atoms with Crippen LogP contribution in [0.4, 0.5) is 0 Å². The summed E-state index contributed by atoms with van der Waals surface area (Å²) in [4.78, 5) is 35.8. The highest BCUT2D eigenvalue weighted by Crippen LogP contribution is 2.55. The van der Waals surface area contributed by atoms with Crippen LogP contribution in [0, 0.1) is 11.8 Å². The minimum absolute atomic E-state index is 0.0772. The predicted molar refractivity (Wildman–Crippen MR) is 108 cm³/mol. The quantitative estimate of drug-likeness (QED) is 0.495. The maximum Gasteiger partial charge on any atom is 0.338 e. The van der Waals surface area contributed by atoms with Crippen molar-refractivity contribution in [2.24, 2.45) is 11.8 Å². The molecule has 170 valence electrons. The van der Waals surface area contributed by atoms with Crippen molar-refractivity contribution in [3.05, 3.63) is 35.4 Å². The Labute approximate surface area is 182 Å². The molecule has 4 fully saturated rings. The first-order chi connectivity index (χ1) is 14.9. The van der Waals surface area contributed by atoms with Gasteiger partial charge >= 0.3 is 11.9 Å². The smallest absolute Gasteiger partial charge is 0.338 e. The third kappa shape index (κ3) is 4.09. The molecular weight excluding hydrogens is 404 g/mol. The molecule has 3 aliphatic heterocycles. The highest BCUT2D eigenvalue weighted by atomic mass is 17.3. The van der Waals surface area contributed by atoms with E-state index in [0.29, 0.717) is 17.5 Å². The van der Waals surface area contributed by atoms with Crippen LogP contribution in [-0.2, 0) is 28.7 Å². The van der Waals surface area contributed by atoms with Crippen molar-refractivity contribution >= 4 is 11.9 Å². The SMILES string of the molecule is COC(=O)c1ccc(C(=O)OCC[C@@H]2CCC[C@@H]3CC[C@@]4(C)OO[C@]32[C@@H](OC)O4)cc1. The van der Waals surface area contributed by atoms with Crippen molar-refractivity contribution in [3.63, 3.8) is 0 Å². The Hall–Kier alpha value is -2.00. The van der Waals surface area contributed by atoms with Crippen LogP contribution in [-0.4, -0.2) is 50.4 Å². The number of esters is 2. The van der Waals surface area contributed by atoms with Gasteiger partial charge in [-0.15, -0.1) is 0 Å². The van der Waals surface area contributed by atoms with Gasteiger partial charge in [-0.05, 0) is 68.7 Å². The minimum atomic E-state index is -0.795. The molecular formula is C23H30O8. The zero-order valence-corrected chi connectivity index (χ0v) is 18.3. The number of hydrogen-bond donors (Lipinski definition) is 0. The zero-order valence-electron chi connectivity index (χ0n) is 18.3. The molecule has 0 N–H and O–H groups in total. The lowest BCUT2D eigenvalue weighted by molar-refractivity contribution is -0.554. The summed E-state index contributed by atoms with van der Waals surface area (Å²) in [6, 6.07) is 6.21. The van der Waals surface area contributed by atoms with Crippen LogP contribution in [0.15, 0.2) is 24.3 Å². The molecule has 1 saturated carbocycles. The molecule has 3 heterocycles. The largest absolute Gasteiger partial charge is 0.465 e. The Morgan fingerprint density at radius 3 is 2.42 bits per heavy atom. The average molecular weight is 434 g/mol. The summed E-state index contributed by atoms with van der Waals surface area (Å²) in [6.45, 7) is 2.12. The van der Waals surface area contributed by atoms with Crippen molar-refractivity contribution in [3.8, 4) is 0 Å². The van der Waals surface area contributed by atoms with E-state index in [-0.39, 0.29) is 18.4 Å². The molecule has 1 aromatic rings. The van der Waals surface area contributed by atoms with E-state index in [0.717, 1.165) is 32.1 Å². The van der Waals surface area contributed by atoms with Gasteiger partial charge < -0.3 is 18.9 Å². The number of rotatable bonds is 6. The van der Waals surface area contributed by atoms with Crippen molar-refractivity contribution in [1.29, 1.82) is 0 Å². The van der Waals surface area contributed by atoms with E-state index in [4.69, 9.17) is 24.0 Å². The van der Waals surface area contributed by atoms with Gasteiger partial charge in [0.15, 0.2) is 11.9 Å². The Balaban J connectivity index is 1.41. The Bertz CT molecular complexity index is 808. The van der Waals surface area contributed by atoms with Crippen LogP contribution in [0.2, 0.25) is 0 Å². The molecule has 1 aromatic carbocycles. The average Bonchev–Trinajstić information content (AvgIpc) is 3.03. The molecule has 5 rings (SSSR count). The normalized spacial score (nSPS) is 34.5. The van der Waals surface area contributed by atoms with E-state index in [9.17, 15) is 9.59 Å². The maximum atomic E-state index is 12.5. The van der Waals surface area contributed by atoms with Crippen LogP contribution < -0.4 is 0 Å². The summed E-state index contributed by atoms with van der Waals surface area (Å²) in [6.07, 6.45) is 4.83. The molecule has 3 saturated heterocycles. The monoisotopic (exact) mass is 434 g/mol. The number of carbonyl (C=O) groups is 2. The first-order valence-electron chi connectivity index (χ1n) is 10.8. The number of benzene rings is 1. The van der Waals surface area contributed by atoms with Gasteiger partial charge in [0, 0.05) is 13.5 Å². The Kier molecular flexibility index (Phi) is 6.35. The van der Waals surface area contributed by atoms with Crippen LogP contribution in [0.25, 0.3) is 0 Å². The number of methoxy groups -OCH3 is 2. The standard InChI is InChI=1S/C23H30O8/c1-22-13-11-17-5-4-6-18(23(17,31-30-22)21(27-3)29-22)12-14-28-20(25)16-9-7-15(8-10-16)19(24)26-2/h7-10,17-18,21H,4-6,11-14H2,1-3H3/t17-,18+,21+,22-,23-/m1/s1. The molecule has 8 heteroatoms. The van der Waals surface area contributed by atoms with E-state index in [1.54, 1.807) is 31.4 Å². The summed E-state index contributed by atoms with van der Waals surface area (Å²) < 4.78 is 22.1. The van der Waals surface area contributed by atoms with E-state index < -0.39 is 29.6 Å². The third-order valence-electron chi connectivity index (χ3n) is 6.87. The molecule has 0 radical (unpaired) electrons. The number of carbonyl (C=O) groups excluding carboxylic acids is 2. The molecule has 1 spiro atoms. The summed E-state index contributed by atoms with van der Waals surface area (Å²) in [5.74, 6) is -1.34. The number of fused-ring (bicyclic) bond motifs is 3. The van der Waals surface area contributed by atoms with Gasteiger partial charge in [-0.3, -0.25) is 0 Å². The van der Waals surface area contributed by atoms with Crippen molar-refractivity contribution in [1.82, 2.24) is 0 Å². The van der Waals surface area contributed by atoms with E-state index in [2.05, 4.69) is 4.74 Å². The van der Waals surface area contributed by atoms with Crippen molar-refractivity contribution < 1.29 is 38.3 Å². The van der Waals surface area contributed by atoms with E-state index in [1.165, 1.54) is 7.11 Å². The number of hydrogen-bond acceptors (Lipinski definition) is 8. The summed E-state index contributed by atoms with van der Waals surface area (Å²) in [5, 5.41) is 0. The second-order valence-electron chi connectivity index (χ2n) is 8.70. The molecule has 31 heavy (non-hydrogen) atoms. The first kappa shape index (κ1) is 22.2. The van der Waals surface area contributed by atoms with Gasteiger partial charge in [-0.2, -0.15) is 0 Å². The summed E-state index contributed by atoms with van der Waals surface area (Å²) in [7, 11) is 2.95. The fourth-order valence-electron chi connectivity index (χ4n) is 5.20. The lowest BCUT2D eigenvalue weighted by atomic mass is 9.65. The number of ether oxygens (including phenoxy) is 4. The molecule has 0 unspecified atom stereocenters. The van der Waals surface area contributed by atoms with Gasteiger partial charge in [-0.25, -0.2) is 19.4 Å². The molecule has 5 atom stereocenters. The van der Waals surface area contributed by atoms with Crippen molar-refractivity contribution in [2.75, 3.05) is 20.8 Å². The molecule has 4 aliphatic rings. The molecule has 0 aromatic heterocycles. The maximum absolute atomic E-state index is 12.5. The van der Waals surface area contributed by atoms with Gasteiger partial charge in [0.2, 0.25) is 5.79 Å². The second kappa shape index (κ2) is 8.86. The van der Waals surface area contributed by atoms with E-state index in [1.807, 2.05) is 6.92 Å². The minimum Gasteiger partial charge on any atom is -0.465 e. The summed E-state index contributed by atoms with van der Waals surface area (Å²) in [5.41, 5.74) is 0.0668. The zero-order chi connectivity index (χ0) is 22.1. The molecule has 2 bridgehead atoms. The topological polar surface area (TPSA) is 89.5 Å². The Morgan fingerprint density at radius 2 is 1.74 bits per heavy atom. The van der Waals surface area contributed by atoms with Crippen LogP contribution in [0.3, 0.4) is 0 Å². The van der Waals surface area contributed by atoms with Crippen molar-refractivity contribution in [2.45, 2.75) is 63.1 Å². The highest BCUT2D eigenvalue weighted by molar-refractivity contribution is 5.93. The lowest BCUT2D eigenvalue weighted by Crippen LogP contribution is -2.63.